The van der Waals surface area contributed by atoms with Crippen molar-refractivity contribution in [1.82, 2.24) is 5.32 Å². The van der Waals surface area contributed by atoms with E-state index >= 15 is 0 Å². The molecule has 0 aromatic heterocycles. The van der Waals surface area contributed by atoms with Crippen LogP contribution >= 0.6 is 65.0 Å². The van der Waals surface area contributed by atoms with Gasteiger partial charge in [0.05, 0.1) is 6.10 Å². The van der Waals surface area contributed by atoms with Gasteiger partial charge in [0, 0.05) is 15.6 Å². The first-order chi connectivity index (χ1) is 12.8. The molecule has 0 heterocycles. The summed E-state index contributed by atoms with van der Waals surface area (Å²) in [6.45, 7) is 2.78. The molecule has 158 valence electrons. The lowest BCUT2D eigenvalue weighted by Crippen LogP contribution is -2.38. The largest absolute Gasteiger partial charge is 0.445 e. The van der Waals surface area contributed by atoms with Gasteiger partial charge < -0.3 is 19.5 Å². The molecule has 2 N–H and O–H groups in total. The summed E-state index contributed by atoms with van der Waals surface area (Å²) in [5.41, 5.74) is 0.324. The summed E-state index contributed by atoms with van der Waals surface area (Å²) in [7, 11) is -4.41. The molecule has 0 aliphatic heterocycles. The smallest absolute Gasteiger partial charge is 0.408 e. The first-order valence-corrected chi connectivity index (χ1v) is 12.0. The van der Waals surface area contributed by atoms with Gasteiger partial charge in [-0.2, -0.15) is 0 Å². The number of hydrogen-bond donors (Lipinski definition) is 2. The Morgan fingerprint density at radius 1 is 1.29 bits per heavy atom. The van der Waals surface area contributed by atoms with Crippen molar-refractivity contribution in [3.8, 4) is 0 Å². The van der Waals surface area contributed by atoms with Gasteiger partial charge in [0.2, 0.25) is 3.79 Å². The number of hydrogen-bond acceptors (Lipinski definition) is 5. The van der Waals surface area contributed by atoms with Crippen LogP contribution in [0, 0.1) is 3.57 Å². The topological polar surface area (TPSA) is 102 Å². The highest BCUT2D eigenvalue weighted by atomic mass is 127. The second-order valence-electron chi connectivity index (χ2n) is 5.87. The standard InChI is InChI=1S/C16H20Cl3INO6P/c1-3-10(2)27-28(24,25)14(21-15(23)26-9-16(17,18)19)8-13(22)11-4-6-12(20)7-5-11/h4-7,10,14H,3,8-9H2,1-2H3,(H,21,23)(H,24,25). The van der Waals surface area contributed by atoms with Crippen molar-refractivity contribution in [3.63, 3.8) is 0 Å². The van der Waals surface area contributed by atoms with Gasteiger partial charge in [-0.3, -0.25) is 9.36 Å². The fourth-order valence-corrected chi connectivity index (χ4v) is 3.91. The van der Waals surface area contributed by atoms with Crippen LogP contribution < -0.4 is 5.32 Å². The van der Waals surface area contributed by atoms with Crippen molar-refractivity contribution >= 4 is 76.9 Å². The Kier molecular flexibility index (Phi) is 10.5. The molecule has 0 bridgehead atoms. The molecular formula is C16H20Cl3INO6P. The maximum atomic E-state index is 12.7. The lowest BCUT2D eigenvalue weighted by Gasteiger charge is -2.25. The number of nitrogens with one attached hydrogen (secondary N) is 1. The van der Waals surface area contributed by atoms with Gasteiger partial charge in [0.1, 0.15) is 12.4 Å². The molecule has 1 aromatic rings. The summed E-state index contributed by atoms with van der Waals surface area (Å²) in [6, 6.07) is 6.61. The average Bonchev–Trinajstić information content (AvgIpc) is 2.58. The average molecular weight is 587 g/mol. The molecule has 0 fully saturated rings. The summed E-state index contributed by atoms with van der Waals surface area (Å²) in [5.74, 6) is -1.98. The molecule has 28 heavy (non-hydrogen) atoms. The maximum Gasteiger partial charge on any atom is 0.408 e. The Balaban J connectivity index is 2.96. The number of alkyl halides is 3. The molecule has 12 heteroatoms. The van der Waals surface area contributed by atoms with Gasteiger partial charge in [-0.1, -0.05) is 53.9 Å². The van der Waals surface area contributed by atoms with E-state index < -0.39 is 48.2 Å². The van der Waals surface area contributed by atoms with Gasteiger partial charge >= 0.3 is 13.7 Å². The number of halogens is 4. The lowest BCUT2D eigenvalue weighted by molar-refractivity contribution is 0.0963. The Labute approximate surface area is 192 Å². The zero-order valence-electron chi connectivity index (χ0n) is 15.0. The van der Waals surface area contributed by atoms with Crippen LogP contribution in [-0.2, 0) is 13.8 Å². The molecule has 1 aromatic carbocycles. The van der Waals surface area contributed by atoms with E-state index in [9.17, 15) is 19.0 Å². The Morgan fingerprint density at radius 2 is 1.86 bits per heavy atom. The monoisotopic (exact) mass is 585 g/mol. The van der Waals surface area contributed by atoms with Crippen LogP contribution in [-0.4, -0.2) is 39.1 Å². The fraction of sp³-hybridized carbons (Fsp3) is 0.500. The SMILES string of the molecule is CCC(C)O[P@@](=O)(O)C(CC(=O)c1ccc(I)cc1)NC(=O)OCC(Cl)(Cl)Cl. The van der Waals surface area contributed by atoms with Gasteiger partial charge in [-0.15, -0.1) is 0 Å². The zero-order valence-corrected chi connectivity index (χ0v) is 20.4. The summed E-state index contributed by atoms with van der Waals surface area (Å²) < 4.78 is 21.6. The maximum absolute atomic E-state index is 12.7. The van der Waals surface area contributed by atoms with Crippen LogP contribution in [0.3, 0.4) is 0 Å². The van der Waals surface area contributed by atoms with Crippen molar-refractivity contribution in [3.05, 3.63) is 33.4 Å². The van der Waals surface area contributed by atoms with Gasteiger partial charge in [0.15, 0.2) is 5.78 Å². The van der Waals surface area contributed by atoms with Gasteiger partial charge in [-0.05, 0) is 48.1 Å². The van der Waals surface area contributed by atoms with Crippen LogP contribution in [0.25, 0.3) is 0 Å². The molecule has 0 saturated carbocycles. The number of amides is 1. The minimum absolute atomic E-state index is 0.324. The number of alkyl carbamates (subject to hydrolysis) is 1. The highest BCUT2D eigenvalue weighted by Gasteiger charge is 2.38. The van der Waals surface area contributed by atoms with E-state index in [1.165, 1.54) is 0 Å². The number of ether oxygens (including phenoxy) is 1. The quantitative estimate of drug-likeness (QED) is 0.177. The molecule has 1 rings (SSSR count). The van der Waals surface area contributed by atoms with Crippen molar-refractivity contribution in [2.45, 2.75) is 42.4 Å². The van der Waals surface area contributed by atoms with E-state index in [1.807, 2.05) is 0 Å². The first-order valence-electron chi connectivity index (χ1n) is 8.13. The van der Waals surface area contributed by atoms with E-state index in [-0.39, 0.29) is 0 Å². The number of carbonyl (C=O) groups excluding carboxylic acids is 2. The molecule has 3 atom stereocenters. The lowest BCUT2D eigenvalue weighted by atomic mass is 10.1. The molecule has 1 amide bonds. The number of rotatable bonds is 9. The predicted molar refractivity (Wildman–Crippen MR) is 117 cm³/mol. The van der Waals surface area contributed by atoms with Crippen LogP contribution in [0.15, 0.2) is 24.3 Å². The molecule has 0 radical (unpaired) electrons. The van der Waals surface area contributed by atoms with Crippen LogP contribution in [0.1, 0.15) is 37.0 Å². The predicted octanol–water partition coefficient (Wildman–Crippen LogP) is 5.29. The minimum atomic E-state index is -4.41. The fourth-order valence-electron chi connectivity index (χ4n) is 1.91. The Hall–Kier alpha value is -0.0900. The van der Waals surface area contributed by atoms with Crippen molar-refractivity contribution < 1.29 is 28.3 Å². The third kappa shape index (κ3) is 9.61. The Bertz CT molecular complexity index is 728. The van der Waals surface area contributed by atoms with Crippen LogP contribution in [0.5, 0.6) is 0 Å². The highest BCUT2D eigenvalue weighted by Crippen LogP contribution is 2.49. The summed E-state index contributed by atoms with van der Waals surface area (Å²) in [4.78, 5) is 34.8. The molecule has 7 nitrogen and oxygen atoms in total. The number of benzene rings is 1. The minimum Gasteiger partial charge on any atom is -0.445 e. The van der Waals surface area contributed by atoms with E-state index in [0.29, 0.717) is 12.0 Å². The van der Waals surface area contributed by atoms with Crippen LogP contribution in [0.4, 0.5) is 4.79 Å². The molecule has 2 unspecified atom stereocenters. The third-order valence-electron chi connectivity index (χ3n) is 3.50. The van der Waals surface area contributed by atoms with E-state index in [2.05, 4.69) is 27.9 Å². The van der Waals surface area contributed by atoms with Crippen molar-refractivity contribution in [2.24, 2.45) is 0 Å². The summed E-state index contributed by atoms with van der Waals surface area (Å²) in [5, 5.41) is 2.17. The van der Waals surface area contributed by atoms with Gasteiger partial charge in [-0.25, -0.2) is 4.79 Å². The first kappa shape index (κ1) is 25.9. The van der Waals surface area contributed by atoms with Crippen LogP contribution in [0.2, 0.25) is 0 Å². The van der Waals surface area contributed by atoms with Crippen molar-refractivity contribution in [2.75, 3.05) is 6.61 Å². The van der Waals surface area contributed by atoms with Gasteiger partial charge in [0.25, 0.3) is 0 Å². The zero-order chi connectivity index (χ0) is 21.5. The van der Waals surface area contributed by atoms with Crippen molar-refractivity contribution in [1.29, 1.82) is 0 Å². The molecule has 0 spiro atoms. The number of ketones is 1. The second-order valence-corrected chi connectivity index (χ2v) is 11.6. The highest BCUT2D eigenvalue weighted by molar-refractivity contribution is 14.1. The molecule has 0 aliphatic rings. The normalized spacial score (nSPS) is 16.0. The van der Waals surface area contributed by atoms with E-state index in [0.717, 1.165) is 3.57 Å². The number of carbonyl (C=O) groups is 2. The Morgan fingerprint density at radius 3 is 2.36 bits per heavy atom. The number of Topliss-reactive ketones (excluding diaryl/α,β-unsaturated/α-hetero) is 1. The molecule has 0 saturated heterocycles. The van der Waals surface area contributed by atoms with E-state index in [4.69, 9.17) is 44.1 Å². The summed E-state index contributed by atoms with van der Waals surface area (Å²) in [6.07, 6.45) is -1.70. The van der Waals surface area contributed by atoms with E-state index in [1.54, 1.807) is 38.1 Å². The summed E-state index contributed by atoms with van der Waals surface area (Å²) >= 11 is 18.6. The molecule has 0 aliphatic carbocycles. The molecular weight excluding hydrogens is 566 g/mol. The third-order valence-corrected chi connectivity index (χ3v) is 6.30. The second kappa shape index (κ2) is 11.3.